The van der Waals surface area contributed by atoms with E-state index < -0.39 is 17.3 Å². The van der Waals surface area contributed by atoms with Crippen LogP contribution in [0, 0.1) is 18.2 Å². The van der Waals surface area contributed by atoms with Gasteiger partial charge in [-0.3, -0.25) is 9.59 Å². The van der Waals surface area contributed by atoms with Gasteiger partial charge in [-0.2, -0.15) is 0 Å². The monoisotopic (exact) mass is 251 g/mol. The van der Waals surface area contributed by atoms with Crippen molar-refractivity contribution in [2.24, 2.45) is 5.41 Å². The lowest BCUT2D eigenvalue weighted by Gasteiger charge is -2.35. The maximum Gasteiger partial charge on any atom is 0.319 e. The van der Waals surface area contributed by atoms with Gasteiger partial charge in [0.25, 0.3) is 0 Å². The van der Waals surface area contributed by atoms with Crippen molar-refractivity contribution in [2.45, 2.75) is 26.2 Å². The van der Waals surface area contributed by atoms with Gasteiger partial charge in [-0.25, -0.2) is 4.39 Å². The van der Waals surface area contributed by atoms with Crippen LogP contribution in [0.1, 0.15) is 24.8 Å². The quantitative estimate of drug-likeness (QED) is 0.810. The van der Waals surface area contributed by atoms with E-state index in [2.05, 4.69) is 5.32 Å². The van der Waals surface area contributed by atoms with Gasteiger partial charge < -0.3 is 10.4 Å². The fourth-order valence-corrected chi connectivity index (χ4v) is 2.04. The van der Waals surface area contributed by atoms with E-state index in [1.807, 2.05) is 0 Å². The molecule has 4 nitrogen and oxygen atoms in total. The molecule has 1 aromatic carbocycles. The molecule has 18 heavy (non-hydrogen) atoms. The van der Waals surface area contributed by atoms with Gasteiger partial charge in [-0.1, -0.05) is 6.42 Å². The highest BCUT2D eigenvalue weighted by Gasteiger charge is 2.51. The largest absolute Gasteiger partial charge is 0.480 e. The molecule has 1 aromatic rings. The average Bonchev–Trinajstić information content (AvgIpc) is 2.21. The highest BCUT2D eigenvalue weighted by Crippen LogP contribution is 2.42. The number of amides is 1. The molecule has 0 saturated heterocycles. The Kier molecular flexibility index (Phi) is 3.07. The lowest BCUT2D eigenvalue weighted by molar-refractivity contribution is -0.159. The zero-order valence-electron chi connectivity index (χ0n) is 10.00. The van der Waals surface area contributed by atoms with Crippen molar-refractivity contribution in [2.75, 3.05) is 5.32 Å². The summed E-state index contributed by atoms with van der Waals surface area (Å²) in [6.07, 6.45) is 1.45. The minimum absolute atomic E-state index is 0.355. The standard InChI is InChI=1S/C13H14FNO3/c1-8-7-9(3-4-10(8)14)15-11(16)13(12(17)18)5-2-6-13/h3-4,7H,2,5-6H2,1H3,(H,15,16)(H,17,18). The number of carbonyl (C=O) groups excluding carboxylic acids is 1. The average molecular weight is 251 g/mol. The predicted octanol–water partition coefficient (Wildman–Crippen LogP) is 2.33. The Hall–Kier alpha value is -1.91. The van der Waals surface area contributed by atoms with Crippen LogP contribution in [-0.2, 0) is 9.59 Å². The first-order chi connectivity index (χ1) is 8.45. The van der Waals surface area contributed by atoms with Crippen molar-refractivity contribution in [3.8, 4) is 0 Å². The van der Waals surface area contributed by atoms with Crippen molar-refractivity contribution >= 4 is 17.6 Å². The second-order valence-corrected chi connectivity index (χ2v) is 4.66. The molecule has 96 valence electrons. The number of rotatable bonds is 3. The smallest absolute Gasteiger partial charge is 0.319 e. The number of benzene rings is 1. The van der Waals surface area contributed by atoms with E-state index in [-0.39, 0.29) is 5.82 Å². The molecule has 0 heterocycles. The van der Waals surface area contributed by atoms with Crippen LogP contribution in [0.25, 0.3) is 0 Å². The third-order valence-corrected chi connectivity index (χ3v) is 3.47. The number of carboxylic acid groups (broad SMARTS) is 1. The number of nitrogens with one attached hydrogen (secondary N) is 1. The summed E-state index contributed by atoms with van der Waals surface area (Å²) >= 11 is 0. The molecular weight excluding hydrogens is 237 g/mol. The van der Waals surface area contributed by atoms with Crippen LogP contribution in [-0.4, -0.2) is 17.0 Å². The summed E-state index contributed by atoms with van der Waals surface area (Å²) in [6, 6.07) is 4.16. The molecule has 0 spiro atoms. The van der Waals surface area contributed by atoms with Crippen molar-refractivity contribution in [1.29, 1.82) is 0 Å². The number of halogens is 1. The normalized spacial score (nSPS) is 16.8. The molecule has 2 N–H and O–H groups in total. The number of anilines is 1. The predicted molar refractivity (Wildman–Crippen MR) is 63.7 cm³/mol. The topological polar surface area (TPSA) is 66.4 Å². The highest BCUT2D eigenvalue weighted by atomic mass is 19.1. The molecule has 1 saturated carbocycles. The number of hydrogen-bond acceptors (Lipinski definition) is 2. The van der Waals surface area contributed by atoms with E-state index in [4.69, 9.17) is 5.11 Å². The first kappa shape index (κ1) is 12.5. The summed E-state index contributed by atoms with van der Waals surface area (Å²) < 4.78 is 13.1. The van der Waals surface area contributed by atoms with Gasteiger partial charge in [0.15, 0.2) is 0 Å². The van der Waals surface area contributed by atoms with E-state index in [1.165, 1.54) is 18.2 Å². The number of carboxylic acids is 1. The van der Waals surface area contributed by atoms with Crippen LogP contribution in [0.4, 0.5) is 10.1 Å². The number of carbonyl (C=O) groups is 2. The molecule has 1 aliphatic carbocycles. The van der Waals surface area contributed by atoms with Crippen molar-refractivity contribution in [3.05, 3.63) is 29.6 Å². The molecule has 0 aliphatic heterocycles. The fraction of sp³-hybridized carbons (Fsp3) is 0.385. The van der Waals surface area contributed by atoms with E-state index in [1.54, 1.807) is 6.92 Å². The Morgan fingerprint density at radius 3 is 2.50 bits per heavy atom. The summed E-state index contributed by atoms with van der Waals surface area (Å²) in [5, 5.41) is 11.7. The van der Waals surface area contributed by atoms with E-state index in [0.717, 1.165) is 6.42 Å². The van der Waals surface area contributed by atoms with Crippen LogP contribution in [0.15, 0.2) is 18.2 Å². The summed E-state index contributed by atoms with van der Waals surface area (Å²) in [5.74, 6) is -1.97. The van der Waals surface area contributed by atoms with Gasteiger partial charge in [-0.05, 0) is 43.5 Å². The highest BCUT2D eigenvalue weighted by molar-refractivity contribution is 6.09. The molecule has 0 atom stereocenters. The van der Waals surface area contributed by atoms with Crippen LogP contribution < -0.4 is 5.32 Å². The molecule has 0 unspecified atom stereocenters. The lowest BCUT2D eigenvalue weighted by Crippen LogP contribution is -2.48. The van der Waals surface area contributed by atoms with Gasteiger partial charge in [0.1, 0.15) is 11.2 Å². The SMILES string of the molecule is Cc1cc(NC(=O)C2(C(=O)O)CCC2)ccc1F. The van der Waals surface area contributed by atoms with Gasteiger partial charge in [0.05, 0.1) is 0 Å². The Morgan fingerprint density at radius 1 is 1.39 bits per heavy atom. The second kappa shape index (κ2) is 4.40. The molecule has 1 aliphatic rings. The minimum Gasteiger partial charge on any atom is -0.480 e. The summed E-state index contributed by atoms with van der Waals surface area (Å²) in [7, 11) is 0. The summed E-state index contributed by atoms with van der Waals surface area (Å²) in [6.45, 7) is 1.58. The maximum atomic E-state index is 13.1. The Bertz CT molecular complexity index is 509. The minimum atomic E-state index is -1.30. The summed E-state index contributed by atoms with van der Waals surface area (Å²) in [5.41, 5.74) is -0.473. The number of aliphatic carboxylic acids is 1. The molecule has 0 radical (unpaired) electrons. The van der Waals surface area contributed by atoms with Crippen LogP contribution in [0.5, 0.6) is 0 Å². The van der Waals surface area contributed by atoms with Gasteiger partial charge >= 0.3 is 5.97 Å². The lowest BCUT2D eigenvalue weighted by atomic mass is 9.68. The zero-order chi connectivity index (χ0) is 13.3. The number of hydrogen-bond donors (Lipinski definition) is 2. The Balaban J connectivity index is 2.16. The maximum absolute atomic E-state index is 13.1. The molecule has 1 amide bonds. The van der Waals surface area contributed by atoms with Crippen molar-refractivity contribution in [3.63, 3.8) is 0 Å². The van der Waals surface area contributed by atoms with Crippen molar-refractivity contribution in [1.82, 2.24) is 0 Å². The van der Waals surface area contributed by atoms with E-state index in [9.17, 15) is 14.0 Å². The van der Waals surface area contributed by atoms with Gasteiger partial charge in [-0.15, -0.1) is 0 Å². The third kappa shape index (κ3) is 1.96. The van der Waals surface area contributed by atoms with Gasteiger partial charge in [0, 0.05) is 5.69 Å². The Labute approximate surface area is 104 Å². The first-order valence-electron chi connectivity index (χ1n) is 5.77. The van der Waals surface area contributed by atoms with Gasteiger partial charge in [0.2, 0.25) is 5.91 Å². The molecule has 1 fully saturated rings. The fourth-order valence-electron chi connectivity index (χ4n) is 2.04. The number of aryl methyl sites for hydroxylation is 1. The Morgan fingerprint density at radius 2 is 2.06 bits per heavy atom. The van der Waals surface area contributed by atoms with Crippen molar-refractivity contribution < 1.29 is 19.1 Å². The molecule has 0 bridgehead atoms. The van der Waals surface area contributed by atoms with E-state index >= 15 is 0 Å². The summed E-state index contributed by atoms with van der Waals surface area (Å²) in [4.78, 5) is 23.1. The van der Waals surface area contributed by atoms with Crippen LogP contribution in [0.2, 0.25) is 0 Å². The first-order valence-corrected chi connectivity index (χ1v) is 5.77. The van der Waals surface area contributed by atoms with Crippen LogP contribution >= 0.6 is 0 Å². The van der Waals surface area contributed by atoms with Crippen LogP contribution in [0.3, 0.4) is 0 Å². The molecule has 0 aromatic heterocycles. The zero-order valence-corrected chi connectivity index (χ0v) is 10.00. The molecule has 2 rings (SSSR count). The molecule has 5 heteroatoms. The van der Waals surface area contributed by atoms with E-state index in [0.29, 0.717) is 24.1 Å². The third-order valence-electron chi connectivity index (χ3n) is 3.47. The molecular formula is C13H14FNO3. The second-order valence-electron chi connectivity index (χ2n) is 4.66.